The van der Waals surface area contributed by atoms with Crippen molar-refractivity contribution in [2.75, 3.05) is 5.75 Å². The summed E-state index contributed by atoms with van der Waals surface area (Å²) in [5, 5.41) is 16.6. The second kappa shape index (κ2) is 14.7. The van der Waals surface area contributed by atoms with Crippen molar-refractivity contribution < 1.29 is 29.1 Å². The van der Waals surface area contributed by atoms with Crippen LogP contribution in [0.1, 0.15) is 53.4 Å². The Kier molecular flexibility index (Phi) is 13.6. The first-order valence-electron chi connectivity index (χ1n) is 10.6. The molecule has 0 heterocycles. The molecule has 32 heavy (non-hydrogen) atoms. The number of carboxylic acids is 1. The number of amides is 4. The Morgan fingerprint density at radius 3 is 1.94 bits per heavy atom. The van der Waals surface area contributed by atoms with Gasteiger partial charge in [-0.1, -0.05) is 34.1 Å². The van der Waals surface area contributed by atoms with E-state index in [0.717, 1.165) is 0 Å². The van der Waals surface area contributed by atoms with Crippen LogP contribution < -0.4 is 27.4 Å². The molecule has 0 aromatic rings. The maximum absolute atomic E-state index is 12.9. The topological polar surface area (TPSA) is 194 Å². The highest BCUT2D eigenvalue weighted by atomic mass is 32.1. The van der Waals surface area contributed by atoms with Crippen LogP contribution in [0.25, 0.3) is 0 Å². The Hall–Kier alpha value is -2.34. The van der Waals surface area contributed by atoms with Crippen LogP contribution in [-0.2, 0) is 24.0 Å². The zero-order chi connectivity index (χ0) is 25.0. The van der Waals surface area contributed by atoms with Crippen molar-refractivity contribution in [1.82, 2.24) is 16.0 Å². The highest BCUT2D eigenvalue weighted by molar-refractivity contribution is 7.80. The average Bonchev–Trinajstić information content (AvgIpc) is 2.70. The van der Waals surface area contributed by atoms with Crippen molar-refractivity contribution >= 4 is 42.2 Å². The normalized spacial score (nSPS) is 15.7. The van der Waals surface area contributed by atoms with Crippen LogP contribution in [0.2, 0.25) is 0 Å². The smallest absolute Gasteiger partial charge is 0.327 e. The summed E-state index contributed by atoms with van der Waals surface area (Å²) in [6, 6.07) is -4.28. The molecule has 0 saturated carbocycles. The first-order valence-corrected chi connectivity index (χ1v) is 11.3. The van der Waals surface area contributed by atoms with Crippen LogP contribution in [0.5, 0.6) is 0 Å². The van der Waals surface area contributed by atoms with Crippen molar-refractivity contribution in [3.63, 3.8) is 0 Å². The number of thiol groups is 1. The van der Waals surface area contributed by atoms with Gasteiger partial charge in [0.15, 0.2) is 0 Å². The van der Waals surface area contributed by atoms with Gasteiger partial charge in [0, 0.05) is 12.2 Å². The van der Waals surface area contributed by atoms with Gasteiger partial charge < -0.3 is 32.5 Å². The summed E-state index contributed by atoms with van der Waals surface area (Å²) in [5.41, 5.74) is 11.1. The molecule has 0 fully saturated rings. The van der Waals surface area contributed by atoms with Crippen molar-refractivity contribution in [3.8, 4) is 0 Å². The Morgan fingerprint density at radius 1 is 0.938 bits per heavy atom. The standard InChI is InChI=1S/C20H37N5O6S/c1-5-11(4)16(19(29)24-14(9-32)20(30)31)25-18(28)13(6-7-15(22)26)23-17(27)12(21)8-10(2)3/h10-14,16,32H,5-9,21H2,1-4H3,(H2,22,26)(H,23,27)(H,24,29)(H,25,28)(H,30,31). The van der Waals surface area contributed by atoms with E-state index >= 15 is 0 Å². The molecule has 184 valence electrons. The van der Waals surface area contributed by atoms with Gasteiger partial charge in [0.25, 0.3) is 0 Å². The molecule has 0 aromatic heterocycles. The minimum absolute atomic E-state index is 0.0788. The molecule has 11 nitrogen and oxygen atoms in total. The lowest BCUT2D eigenvalue weighted by atomic mass is 9.97. The number of hydrogen-bond donors (Lipinski definition) is 7. The van der Waals surface area contributed by atoms with Crippen LogP contribution in [0, 0.1) is 11.8 Å². The summed E-state index contributed by atoms with van der Waals surface area (Å²) < 4.78 is 0. The van der Waals surface area contributed by atoms with Crippen LogP contribution >= 0.6 is 12.6 Å². The number of nitrogens with two attached hydrogens (primary N) is 2. The predicted octanol–water partition coefficient (Wildman–Crippen LogP) is -0.860. The maximum atomic E-state index is 12.9. The summed E-state index contributed by atoms with van der Waals surface area (Å²) in [6.07, 6.45) is 0.659. The third kappa shape index (κ3) is 10.8. The van der Waals surface area contributed by atoms with Gasteiger partial charge in [0.1, 0.15) is 18.1 Å². The molecule has 0 bridgehead atoms. The van der Waals surface area contributed by atoms with Crippen LogP contribution in [0.15, 0.2) is 0 Å². The molecule has 5 atom stereocenters. The number of carboxylic acid groups (broad SMARTS) is 1. The third-order valence-corrected chi connectivity index (χ3v) is 5.33. The summed E-state index contributed by atoms with van der Waals surface area (Å²) in [6.45, 7) is 7.32. The number of hydrogen-bond acceptors (Lipinski definition) is 7. The second-order valence-electron chi connectivity index (χ2n) is 8.26. The number of rotatable bonds is 15. The van der Waals surface area contributed by atoms with E-state index in [0.29, 0.717) is 12.8 Å². The molecule has 0 aromatic carbocycles. The molecule has 0 aliphatic rings. The van der Waals surface area contributed by atoms with E-state index in [4.69, 9.17) is 16.6 Å². The van der Waals surface area contributed by atoms with Gasteiger partial charge >= 0.3 is 5.97 Å². The van der Waals surface area contributed by atoms with Gasteiger partial charge in [-0.3, -0.25) is 19.2 Å². The molecule has 8 N–H and O–H groups in total. The molecule has 0 radical (unpaired) electrons. The zero-order valence-electron chi connectivity index (χ0n) is 19.1. The molecule has 4 amide bonds. The quantitative estimate of drug-likeness (QED) is 0.150. The lowest BCUT2D eigenvalue weighted by Crippen LogP contribution is -2.59. The third-order valence-electron chi connectivity index (χ3n) is 4.96. The van der Waals surface area contributed by atoms with Crippen molar-refractivity contribution in [3.05, 3.63) is 0 Å². The molecule has 0 aliphatic carbocycles. The molecule has 12 heteroatoms. The fourth-order valence-electron chi connectivity index (χ4n) is 2.85. The van der Waals surface area contributed by atoms with E-state index in [1.54, 1.807) is 6.92 Å². The van der Waals surface area contributed by atoms with Gasteiger partial charge in [-0.25, -0.2) is 4.79 Å². The molecular weight excluding hydrogens is 438 g/mol. The number of carbonyl (C=O) groups excluding carboxylic acids is 4. The van der Waals surface area contributed by atoms with E-state index < -0.39 is 53.8 Å². The van der Waals surface area contributed by atoms with E-state index in [1.807, 2.05) is 20.8 Å². The monoisotopic (exact) mass is 475 g/mol. The molecule has 0 spiro atoms. The lowest BCUT2D eigenvalue weighted by molar-refractivity contribution is -0.142. The fourth-order valence-corrected chi connectivity index (χ4v) is 3.10. The minimum atomic E-state index is -1.26. The highest BCUT2D eigenvalue weighted by Gasteiger charge is 2.32. The van der Waals surface area contributed by atoms with Gasteiger partial charge in [0.2, 0.25) is 23.6 Å². The largest absolute Gasteiger partial charge is 0.480 e. The number of nitrogens with one attached hydrogen (secondary N) is 3. The Bertz CT molecular complexity index is 675. The summed E-state index contributed by atoms with van der Waals surface area (Å²) >= 11 is 3.92. The Labute approximate surface area is 194 Å². The Morgan fingerprint density at radius 2 is 1.50 bits per heavy atom. The minimum Gasteiger partial charge on any atom is -0.480 e. The van der Waals surface area contributed by atoms with Gasteiger partial charge in [-0.05, 0) is 24.7 Å². The highest BCUT2D eigenvalue weighted by Crippen LogP contribution is 2.11. The molecule has 5 unspecified atom stereocenters. The zero-order valence-corrected chi connectivity index (χ0v) is 20.0. The summed E-state index contributed by atoms with van der Waals surface area (Å²) in [4.78, 5) is 60.5. The van der Waals surface area contributed by atoms with Crippen LogP contribution in [0.4, 0.5) is 0 Å². The van der Waals surface area contributed by atoms with E-state index in [2.05, 4.69) is 28.6 Å². The van der Waals surface area contributed by atoms with Gasteiger partial charge in [-0.15, -0.1) is 0 Å². The SMILES string of the molecule is CCC(C)C(NC(=O)C(CCC(N)=O)NC(=O)C(N)CC(C)C)C(=O)NC(CS)C(=O)O. The fraction of sp³-hybridized carbons (Fsp3) is 0.750. The molecule has 0 aliphatic heterocycles. The number of carbonyl (C=O) groups is 5. The predicted molar refractivity (Wildman–Crippen MR) is 123 cm³/mol. The lowest BCUT2D eigenvalue weighted by Gasteiger charge is -2.28. The Balaban J connectivity index is 5.52. The average molecular weight is 476 g/mol. The number of aliphatic carboxylic acids is 1. The van der Waals surface area contributed by atoms with Crippen LogP contribution in [-0.4, -0.2) is 64.6 Å². The first-order chi connectivity index (χ1) is 14.8. The van der Waals surface area contributed by atoms with Crippen molar-refractivity contribution in [2.24, 2.45) is 23.3 Å². The molecule has 0 rings (SSSR count). The van der Waals surface area contributed by atoms with Gasteiger partial charge in [0.05, 0.1) is 6.04 Å². The maximum Gasteiger partial charge on any atom is 0.327 e. The molecule has 0 saturated heterocycles. The number of primary amides is 1. The summed E-state index contributed by atoms with van der Waals surface area (Å²) in [7, 11) is 0. The second-order valence-corrected chi connectivity index (χ2v) is 8.62. The van der Waals surface area contributed by atoms with Crippen molar-refractivity contribution in [2.45, 2.75) is 77.5 Å². The van der Waals surface area contributed by atoms with E-state index in [1.165, 1.54) is 0 Å². The van der Waals surface area contributed by atoms with Crippen molar-refractivity contribution in [1.29, 1.82) is 0 Å². The van der Waals surface area contributed by atoms with E-state index in [-0.39, 0.29) is 30.4 Å². The molecular formula is C20H37N5O6S. The van der Waals surface area contributed by atoms with Gasteiger partial charge in [-0.2, -0.15) is 12.6 Å². The van der Waals surface area contributed by atoms with Crippen LogP contribution in [0.3, 0.4) is 0 Å². The first kappa shape index (κ1) is 29.7. The summed E-state index contributed by atoms with van der Waals surface area (Å²) in [5.74, 6) is -4.18. The van der Waals surface area contributed by atoms with E-state index in [9.17, 15) is 24.0 Å².